The summed E-state index contributed by atoms with van der Waals surface area (Å²) in [5.41, 5.74) is 21.7. The second kappa shape index (κ2) is 4.26. The van der Waals surface area contributed by atoms with E-state index in [1.165, 1.54) is 5.56 Å². The van der Waals surface area contributed by atoms with Gasteiger partial charge in [-0.3, -0.25) is 0 Å². The predicted molar refractivity (Wildman–Crippen MR) is 78.2 cm³/mol. The molecule has 0 atom stereocenters. The van der Waals surface area contributed by atoms with E-state index in [9.17, 15) is 0 Å². The molecule has 0 saturated carbocycles. The second-order valence-corrected chi connectivity index (χ2v) is 5.14. The third-order valence-corrected chi connectivity index (χ3v) is 3.33. The van der Waals surface area contributed by atoms with Gasteiger partial charge in [0.2, 0.25) is 0 Å². The lowest BCUT2D eigenvalue weighted by Crippen LogP contribution is -2.19. The summed E-state index contributed by atoms with van der Waals surface area (Å²) >= 11 is 0. The Kier molecular flexibility index (Phi) is 2.91. The Morgan fingerprint density at radius 1 is 0.667 bits per heavy atom. The van der Waals surface area contributed by atoms with Crippen molar-refractivity contribution < 1.29 is 0 Å². The summed E-state index contributed by atoms with van der Waals surface area (Å²) < 4.78 is 0. The summed E-state index contributed by atoms with van der Waals surface area (Å²) in [4.78, 5) is 0. The quantitative estimate of drug-likeness (QED) is 0.707. The van der Waals surface area contributed by atoms with Crippen LogP contribution < -0.4 is 17.2 Å². The maximum absolute atomic E-state index is 5.86. The van der Waals surface area contributed by atoms with E-state index in [2.05, 4.69) is 13.8 Å². The monoisotopic (exact) mass is 241 g/mol. The van der Waals surface area contributed by atoms with Crippen LogP contribution in [0.3, 0.4) is 0 Å². The van der Waals surface area contributed by atoms with E-state index in [-0.39, 0.29) is 5.41 Å². The summed E-state index contributed by atoms with van der Waals surface area (Å²) in [6.07, 6.45) is 0. The first kappa shape index (κ1) is 12.3. The third-order valence-electron chi connectivity index (χ3n) is 3.33. The Bertz CT molecular complexity index is 536. The average Bonchev–Trinajstić information content (AvgIpc) is 2.28. The van der Waals surface area contributed by atoms with Gasteiger partial charge in [0.05, 0.1) is 0 Å². The van der Waals surface area contributed by atoms with Crippen molar-refractivity contribution in [2.75, 3.05) is 17.2 Å². The summed E-state index contributed by atoms with van der Waals surface area (Å²) in [5.74, 6) is 0. The zero-order valence-electron chi connectivity index (χ0n) is 10.8. The second-order valence-electron chi connectivity index (χ2n) is 5.14. The highest BCUT2D eigenvalue weighted by atomic mass is 14.6. The van der Waals surface area contributed by atoms with Crippen LogP contribution in [0.4, 0.5) is 17.1 Å². The minimum Gasteiger partial charge on any atom is -0.399 e. The molecule has 0 aliphatic rings. The van der Waals surface area contributed by atoms with Gasteiger partial charge in [0, 0.05) is 22.5 Å². The van der Waals surface area contributed by atoms with Gasteiger partial charge in [0.25, 0.3) is 0 Å². The first-order valence-electron chi connectivity index (χ1n) is 5.92. The fourth-order valence-electron chi connectivity index (χ4n) is 2.10. The minimum absolute atomic E-state index is 0.156. The van der Waals surface area contributed by atoms with Crippen LogP contribution in [0.25, 0.3) is 0 Å². The van der Waals surface area contributed by atoms with Crippen LogP contribution in [0.1, 0.15) is 25.0 Å². The van der Waals surface area contributed by atoms with Crippen molar-refractivity contribution in [3.63, 3.8) is 0 Å². The number of nitrogen functional groups attached to an aromatic ring is 3. The maximum atomic E-state index is 5.86. The molecule has 18 heavy (non-hydrogen) atoms. The Balaban J connectivity index is 2.49. The lowest BCUT2D eigenvalue weighted by Gasteiger charge is -2.27. The highest BCUT2D eigenvalue weighted by molar-refractivity contribution is 5.57. The van der Waals surface area contributed by atoms with Crippen LogP contribution in [0.5, 0.6) is 0 Å². The normalized spacial score (nSPS) is 11.4. The van der Waals surface area contributed by atoms with Crippen LogP contribution in [-0.2, 0) is 5.41 Å². The van der Waals surface area contributed by atoms with E-state index in [0.29, 0.717) is 11.4 Å². The smallest absolute Gasteiger partial charge is 0.0337 e. The Morgan fingerprint density at radius 3 is 1.67 bits per heavy atom. The molecule has 0 aliphatic carbocycles. The molecular weight excluding hydrogens is 222 g/mol. The molecule has 2 aromatic rings. The molecule has 0 unspecified atom stereocenters. The van der Waals surface area contributed by atoms with Gasteiger partial charge in [0.15, 0.2) is 0 Å². The van der Waals surface area contributed by atoms with E-state index in [1.54, 1.807) is 6.07 Å². The van der Waals surface area contributed by atoms with Gasteiger partial charge in [-0.1, -0.05) is 26.0 Å². The molecule has 3 nitrogen and oxygen atoms in total. The van der Waals surface area contributed by atoms with Crippen LogP contribution in [-0.4, -0.2) is 0 Å². The average molecular weight is 241 g/mol. The van der Waals surface area contributed by atoms with Gasteiger partial charge in [-0.15, -0.1) is 0 Å². The number of rotatable bonds is 2. The molecule has 2 rings (SSSR count). The van der Waals surface area contributed by atoms with Crippen LogP contribution in [0.2, 0.25) is 0 Å². The summed E-state index contributed by atoms with van der Waals surface area (Å²) in [7, 11) is 0. The van der Waals surface area contributed by atoms with Crippen LogP contribution >= 0.6 is 0 Å². The van der Waals surface area contributed by atoms with Crippen molar-refractivity contribution >= 4 is 17.1 Å². The number of hydrogen-bond acceptors (Lipinski definition) is 3. The fraction of sp³-hybridized carbons (Fsp3) is 0.200. The van der Waals surface area contributed by atoms with Gasteiger partial charge in [-0.25, -0.2) is 0 Å². The van der Waals surface area contributed by atoms with Crippen molar-refractivity contribution in [1.82, 2.24) is 0 Å². The lowest BCUT2D eigenvalue weighted by molar-refractivity contribution is 0.641. The number of benzene rings is 2. The Hall–Kier alpha value is -2.16. The van der Waals surface area contributed by atoms with E-state index >= 15 is 0 Å². The van der Waals surface area contributed by atoms with Gasteiger partial charge in [-0.2, -0.15) is 0 Å². The molecular formula is C15H19N3. The molecule has 0 fully saturated rings. The molecule has 0 aromatic heterocycles. The predicted octanol–water partition coefficient (Wildman–Crippen LogP) is 2.76. The topological polar surface area (TPSA) is 78.1 Å². The highest BCUT2D eigenvalue weighted by Gasteiger charge is 2.23. The standard InChI is InChI=1S/C15H19N3/c1-15(2,10-3-5-12(16)6-4-10)11-7-13(17)9-14(18)8-11/h3-9H,16-18H2,1-2H3. The third kappa shape index (κ3) is 2.25. The SMILES string of the molecule is CC(C)(c1ccc(N)cc1)c1cc(N)cc(N)c1. The van der Waals surface area contributed by atoms with Gasteiger partial charge < -0.3 is 17.2 Å². The fourth-order valence-corrected chi connectivity index (χ4v) is 2.10. The number of nitrogens with two attached hydrogens (primary N) is 3. The van der Waals surface area contributed by atoms with Crippen molar-refractivity contribution in [3.8, 4) is 0 Å². The molecule has 0 aliphatic heterocycles. The van der Waals surface area contributed by atoms with Crippen molar-refractivity contribution in [2.45, 2.75) is 19.3 Å². The molecule has 3 heteroatoms. The van der Waals surface area contributed by atoms with E-state index < -0.39 is 0 Å². The Labute approximate surface area is 108 Å². The minimum atomic E-state index is -0.156. The van der Waals surface area contributed by atoms with E-state index in [4.69, 9.17) is 17.2 Å². The molecule has 94 valence electrons. The number of anilines is 3. The van der Waals surface area contributed by atoms with Crippen molar-refractivity contribution in [3.05, 3.63) is 53.6 Å². The molecule has 0 heterocycles. The van der Waals surface area contributed by atoms with Gasteiger partial charge in [0.1, 0.15) is 0 Å². The molecule has 2 aromatic carbocycles. The van der Waals surface area contributed by atoms with Crippen LogP contribution in [0.15, 0.2) is 42.5 Å². The molecule has 0 amide bonds. The van der Waals surface area contributed by atoms with E-state index in [0.717, 1.165) is 11.3 Å². The molecule has 0 radical (unpaired) electrons. The van der Waals surface area contributed by atoms with E-state index in [1.807, 2.05) is 36.4 Å². The highest BCUT2D eigenvalue weighted by Crippen LogP contribution is 2.33. The first-order chi connectivity index (χ1) is 8.39. The Morgan fingerprint density at radius 2 is 1.17 bits per heavy atom. The molecule has 0 bridgehead atoms. The summed E-state index contributed by atoms with van der Waals surface area (Å²) in [5, 5.41) is 0. The maximum Gasteiger partial charge on any atom is 0.0337 e. The van der Waals surface area contributed by atoms with Gasteiger partial charge >= 0.3 is 0 Å². The molecule has 6 N–H and O–H groups in total. The first-order valence-corrected chi connectivity index (χ1v) is 5.92. The van der Waals surface area contributed by atoms with Gasteiger partial charge in [-0.05, 0) is 41.5 Å². The number of hydrogen-bond donors (Lipinski definition) is 3. The zero-order chi connectivity index (χ0) is 13.3. The lowest BCUT2D eigenvalue weighted by atomic mass is 9.78. The molecule has 0 saturated heterocycles. The zero-order valence-corrected chi connectivity index (χ0v) is 10.8. The van der Waals surface area contributed by atoms with Crippen LogP contribution in [0, 0.1) is 0 Å². The summed E-state index contributed by atoms with van der Waals surface area (Å²) in [6.45, 7) is 4.29. The largest absolute Gasteiger partial charge is 0.399 e. The summed E-state index contributed by atoms with van der Waals surface area (Å²) in [6, 6.07) is 13.6. The van der Waals surface area contributed by atoms with Crippen molar-refractivity contribution in [1.29, 1.82) is 0 Å². The van der Waals surface area contributed by atoms with Crippen molar-refractivity contribution in [2.24, 2.45) is 0 Å². The molecule has 0 spiro atoms.